The maximum atomic E-state index is 12.6. The Morgan fingerprint density at radius 3 is 2.69 bits per heavy atom. The third kappa shape index (κ3) is 5.81. The topological polar surface area (TPSA) is 122 Å². The second kappa shape index (κ2) is 10.9. The molecule has 10 nitrogen and oxygen atoms in total. The Morgan fingerprint density at radius 1 is 1.00 bits per heavy atom. The largest absolute Gasteiger partial charge is 0.477 e. The number of anilines is 2. The minimum atomic E-state index is -0.452. The van der Waals surface area contributed by atoms with Gasteiger partial charge in [0.1, 0.15) is 16.6 Å². The predicted molar refractivity (Wildman–Crippen MR) is 136 cm³/mol. The third-order valence-electron chi connectivity index (χ3n) is 5.59. The normalized spacial score (nSPS) is 14.9. The summed E-state index contributed by atoms with van der Waals surface area (Å²) in [6.07, 6.45) is 7.47. The van der Waals surface area contributed by atoms with Crippen molar-refractivity contribution in [1.29, 1.82) is 0 Å². The van der Waals surface area contributed by atoms with Gasteiger partial charge in [-0.15, -0.1) is 11.3 Å². The molecule has 5 heterocycles. The van der Waals surface area contributed by atoms with Crippen LogP contribution in [0.25, 0.3) is 10.6 Å². The van der Waals surface area contributed by atoms with Gasteiger partial charge in [0, 0.05) is 60.8 Å². The second-order valence-corrected chi connectivity index (χ2v) is 9.03. The third-order valence-corrected chi connectivity index (χ3v) is 6.48. The summed E-state index contributed by atoms with van der Waals surface area (Å²) in [6, 6.07) is 12.0. The van der Waals surface area contributed by atoms with Crippen LogP contribution in [0.3, 0.4) is 0 Å². The lowest BCUT2D eigenvalue weighted by atomic mass is 10.1. The molecule has 1 aliphatic rings. The van der Waals surface area contributed by atoms with Gasteiger partial charge in [-0.1, -0.05) is 6.07 Å². The monoisotopic (exact) mass is 501 g/mol. The molecule has 1 atom stereocenters. The van der Waals surface area contributed by atoms with Crippen molar-refractivity contribution in [1.82, 2.24) is 24.8 Å². The summed E-state index contributed by atoms with van der Waals surface area (Å²) >= 11 is 1.43. The van der Waals surface area contributed by atoms with E-state index in [1.54, 1.807) is 60.5 Å². The Bertz CT molecular complexity index is 1330. The smallest absolute Gasteiger partial charge is 0.326 e. The Morgan fingerprint density at radius 2 is 1.86 bits per heavy atom. The van der Waals surface area contributed by atoms with Crippen LogP contribution in [0.2, 0.25) is 0 Å². The van der Waals surface area contributed by atoms with E-state index in [1.165, 1.54) is 11.3 Å². The lowest BCUT2D eigenvalue weighted by Gasteiger charge is -2.16. The zero-order valence-corrected chi connectivity index (χ0v) is 20.0. The molecule has 3 amide bonds. The average Bonchev–Trinajstić information content (AvgIpc) is 3.58. The van der Waals surface area contributed by atoms with E-state index in [0.29, 0.717) is 42.8 Å². The van der Waals surface area contributed by atoms with Crippen LogP contribution in [0.5, 0.6) is 5.88 Å². The van der Waals surface area contributed by atoms with Crippen molar-refractivity contribution < 1.29 is 14.3 Å². The molecule has 1 saturated heterocycles. The number of carbonyl (C=O) groups excluding carboxylic acids is 2. The number of hydrogen-bond donors (Lipinski definition) is 2. The highest BCUT2D eigenvalue weighted by Gasteiger charge is 2.27. The van der Waals surface area contributed by atoms with Crippen LogP contribution >= 0.6 is 11.3 Å². The highest BCUT2D eigenvalue weighted by atomic mass is 32.1. The molecule has 5 rings (SSSR count). The lowest BCUT2D eigenvalue weighted by molar-refractivity contribution is 0.0782. The summed E-state index contributed by atoms with van der Waals surface area (Å²) in [5, 5.41) is 7.98. The highest BCUT2D eigenvalue weighted by molar-refractivity contribution is 7.13. The van der Waals surface area contributed by atoms with Crippen LogP contribution in [0.15, 0.2) is 72.6 Å². The molecule has 182 valence electrons. The molecule has 0 aliphatic carbocycles. The fourth-order valence-corrected chi connectivity index (χ4v) is 4.57. The van der Waals surface area contributed by atoms with Crippen LogP contribution in [0.1, 0.15) is 16.8 Å². The molecule has 4 aromatic heterocycles. The zero-order valence-electron chi connectivity index (χ0n) is 19.2. The molecule has 0 bridgehead atoms. The maximum absolute atomic E-state index is 12.6. The van der Waals surface area contributed by atoms with E-state index in [2.05, 4.69) is 30.6 Å². The number of carbonyl (C=O) groups is 2. The molecule has 1 unspecified atom stereocenters. The molecule has 0 radical (unpaired) electrons. The highest BCUT2D eigenvalue weighted by Crippen LogP contribution is 2.25. The van der Waals surface area contributed by atoms with Crippen LogP contribution < -0.4 is 15.4 Å². The minimum absolute atomic E-state index is 0.0195. The molecule has 36 heavy (non-hydrogen) atoms. The molecule has 1 aliphatic heterocycles. The van der Waals surface area contributed by atoms with Gasteiger partial charge in [0.2, 0.25) is 5.88 Å². The first kappa shape index (κ1) is 23.4. The quantitative estimate of drug-likeness (QED) is 0.389. The number of nitrogens with zero attached hydrogens (tertiary/aromatic N) is 5. The molecule has 0 spiro atoms. The number of aromatic nitrogens is 4. The fraction of sp³-hybridized carbons (Fsp3) is 0.200. The van der Waals surface area contributed by atoms with Gasteiger partial charge in [-0.2, -0.15) is 4.98 Å². The SMILES string of the molecule is O=C(Nc1cccc(OCC2CCN(C(=O)c3cccnc3)C2)n1)Nc1csc(-c2ccncc2)n1. The van der Waals surface area contributed by atoms with Crippen molar-refractivity contribution in [3.63, 3.8) is 0 Å². The van der Waals surface area contributed by atoms with Gasteiger partial charge in [0.25, 0.3) is 5.91 Å². The Labute approximate surface area is 211 Å². The number of thiazole rings is 1. The summed E-state index contributed by atoms with van der Waals surface area (Å²) < 4.78 is 5.87. The van der Waals surface area contributed by atoms with E-state index in [1.807, 2.05) is 17.0 Å². The van der Waals surface area contributed by atoms with E-state index >= 15 is 0 Å². The van der Waals surface area contributed by atoms with Crippen molar-refractivity contribution in [2.75, 3.05) is 30.3 Å². The molecule has 11 heteroatoms. The molecule has 0 saturated carbocycles. The number of hydrogen-bond acceptors (Lipinski definition) is 8. The average molecular weight is 502 g/mol. The van der Waals surface area contributed by atoms with Gasteiger partial charge in [-0.25, -0.2) is 9.78 Å². The lowest BCUT2D eigenvalue weighted by Crippen LogP contribution is -2.29. The van der Waals surface area contributed by atoms with Crippen molar-refractivity contribution in [2.45, 2.75) is 6.42 Å². The molecular formula is C25H23N7O3S. The van der Waals surface area contributed by atoms with Crippen LogP contribution in [0, 0.1) is 5.92 Å². The Balaban J connectivity index is 1.11. The van der Waals surface area contributed by atoms with Gasteiger partial charge < -0.3 is 9.64 Å². The van der Waals surface area contributed by atoms with Gasteiger partial charge in [-0.05, 0) is 36.8 Å². The first-order chi connectivity index (χ1) is 17.6. The summed E-state index contributed by atoms with van der Waals surface area (Å²) in [4.78, 5) is 43.7. The predicted octanol–water partition coefficient (Wildman–Crippen LogP) is 4.18. The summed E-state index contributed by atoms with van der Waals surface area (Å²) in [6.45, 7) is 1.72. The Hall–Kier alpha value is -4.38. The minimum Gasteiger partial charge on any atom is -0.477 e. The van der Waals surface area contributed by atoms with Crippen LogP contribution in [-0.4, -0.2) is 56.5 Å². The molecule has 0 aromatic carbocycles. The van der Waals surface area contributed by atoms with Gasteiger partial charge in [-0.3, -0.25) is 25.4 Å². The van der Waals surface area contributed by atoms with Gasteiger partial charge >= 0.3 is 6.03 Å². The number of ether oxygens (including phenoxy) is 1. The van der Waals surface area contributed by atoms with E-state index < -0.39 is 6.03 Å². The maximum Gasteiger partial charge on any atom is 0.326 e. The molecular weight excluding hydrogens is 478 g/mol. The first-order valence-electron chi connectivity index (χ1n) is 11.4. The standard InChI is InChI=1S/C25H23N7O3S/c33-24(19-3-2-9-27-13-19)32-12-8-17(14-32)15-35-22-5-1-4-20(28-22)30-25(34)31-21-16-36-23(29-21)18-6-10-26-11-7-18/h1-7,9-11,13,16-17H,8,12,14-15H2,(H2,28,30,31,34). The number of rotatable bonds is 7. The van der Waals surface area contributed by atoms with Crippen molar-refractivity contribution in [2.24, 2.45) is 5.92 Å². The van der Waals surface area contributed by atoms with E-state index in [9.17, 15) is 9.59 Å². The summed E-state index contributed by atoms with van der Waals surface area (Å²) in [7, 11) is 0. The summed E-state index contributed by atoms with van der Waals surface area (Å²) in [5.74, 6) is 1.39. The van der Waals surface area contributed by atoms with E-state index in [4.69, 9.17) is 4.74 Å². The van der Waals surface area contributed by atoms with E-state index in [0.717, 1.165) is 17.0 Å². The second-order valence-electron chi connectivity index (χ2n) is 8.17. The molecule has 2 N–H and O–H groups in total. The molecule has 1 fully saturated rings. The molecule has 4 aromatic rings. The number of urea groups is 1. The van der Waals surface area contributed by atoms with Crippen LogP contribution in [-0.2, 0) is 0 Å². The van der Waals surface area contributed by atoms with Gasteiger partial charge in [0.15, 0.2) is 0 Å². The zero-order chi connectivity index (χ0) is 24.7. The fourth-order valence-electron chi connectivity index (χ4n) is 3.82. The van der Waals surface area contributed by atoms with Crippen LogP contribution in [0.4, 0.5) is 16.4 Å². The van der Waals surface area contributed by atoms with E-state index in [-0.39, 0.29) is 11.8 Å². The first-order valence-corrected chi connectivity index (χ1v) is 12.2. The Kier molecular flexibility index (Phi) is 7.08. The number of amides is 3. The number of pyridine rings is 3. The van der Waals surface area contributed by atoms with Gasteiger partial charge in [0.05, 0.1) is 12.2 Å². The summed E-state index contributed by atoms with van der Waals surface area (Å²) in [5.41, 5.74) is 1.52. The van der Waals surface area contributed by atoms with Crippen molar-refractivity contribution in [3.8, 4) is 16.5 Å². The number of likely N-dealkylation sites (tertiary alicyclic amines) is 1. The van der Waals surface area contributed by atoms with Crippen molar-refractivity contribution >= 4 is 34.9 Å². The number of nitrogens with one attached hydrogen (secondary N) is 2. The van der Waals surface area contributed by atoms with Crippen molar-refractivity contribution in [3.05, 3.63) is 78.2 Å².